The number of carbonyl (C=O) groups excluding carboxylic acids is 1. The molecule has 114 valence electrons. The Morgan fingerprint density at radius 1 is 1.48 bits per heavy atom. The molecule has 0 aliphatic carbocycles. The molecule has 0 saturated carbocycles. The van der Waals surface area contributed by atoms with Crippen LogP contribution in [0.15, 0.2) is 22.7 Å². The maximum absolute atomic E-state index is 12.4. The van der Waals surface area contributed by atoms with Crippen molar-refractivity contribution in [2.75, 3.05) is 19.8 Å². The van der Waals surface area contributed by atoms with Crippen LogP contribution in [-0.2, 0) is 20.7 Å². The predicted molar refractivity (Wildman–Crippen MR) is 81.2 cm³/mol. The molecule has 1 atom stereocenters. The number of ether oxygens (including phenoxy) is 1. The van der Waals surface area contributed by atoms with Crippen LogP contribution in [0.4, 0.5) is 0 Å². The molecule has 1 N–H and O–H groups in total. The molecule has 21 heavy (non-hydrogen) atoms. The first-order chi connectivity index (χ1) is 9.97. The quantitative estimate of drug-likeness (QED) is 0.896. The van der Waals surface area contributed by atoms with Gasteiger partial charge in [-0.15, -0.1) is 0 Å². The second-order valence-electron chi connectivity index (χ2n) is 5.17. The highest BCUT2D eigenvalue weighted by Crippen LogP contribution is 2.19. The zero-order valence-corrected chi connectivity index (χ0v) is 13.4. The lowest BCUT2D eigenvalue weighted by Gasteiger charge is -2.35. The second kappa shape index (κ2) is 7.04. The van der Waals surface area contributed by atoms with Gasteiger partial charge in [-0.25, -0.2) is 0 Å². The fourth-order valence-corrected chi connectivity index (χ4v) is 2.80. The molecule has 1 saturated heterocycles. The van der Waals surface area contributed by atoms with Crippen LogP contribution in [0.2, 0.25) is 0 Å². The molecule has 0 bridgehead atoms. The van der Waals surface area contributed by atoms with Crippen molar-refractivity contribution in [2.24, 2.45) is 0 Å². The lowest BCUT2D eigenvalue weighted by Crippen LogP contribution is -2.50. The first-order valence-electron chi connectivity index (χ1n) is 6.81. The van der Waals surface area contributed by atoms with Crippen molar-refractivity contribution < 1.29 is 19.4 Å². The normalized spacial score (nSPS) is 18.6. The number of rotatable bonds is 4. The van der Waals surface area contributed by atoms with E-state index in [4.69, 9.17) is 9.84 Å². The minimum atomic E-state index is -0.915. The zero-order chi connectivity index (χ0) is 15.4. The van der Waals surface area contributed by atoms with Crippen LogP contribution in [0.25, 0.3) is 0 Å². The van der Waals surface area contributed by atoms with E-state index >= 15 is 0 Å². The van der Waals surface area contributed by atoms with Gasteiger partial charge in [0.05, 0.1) is 32.1 Å². The number of halogens is 1. The van der Waals surface area contributed by atoms with Crippen LogP contribution in [0, 0.1) is 6.92 Å². The molecule has 1 aromatic carbocycles. The Hall–Kier alpha value is -1.40. The Balaban J connectivity index is 2.06. The van der Waals surface area contributed by atoms with Crippen LogP contribution in [0.3, 0.4) is 0 Å². The van der Waals surface area contributed by atoms with E-state index in [-0.39, 0.29) is 31.4 Å². The maximum atomic E-state index is 12.4. The van der Waals surface area contributed by atoms with Gasteiger partial charge < -0.3 is 14.7 Å². The first kappa shape index (κ1) is 16.0. The van der Waals surface area contributed by atoms with Crippen molar-refractivity contribution in [1.29, 1.82) is 0 Å². The van der Waals surface area contributed by atoms with Gasteiger partial charge in [-0.05, 0) is 24.1 Å². The zero-order valence-electron chi connectivity index (χ0n) is 11.8. The Morgan fingerprint density at radius 2 is 2.24 bits per heavy atom. The summed E-state index contributed by atoms with van der Waals surface area (Å²) in [4.78, 5) is 24.9. The highest BCUT2D eigenvalue weighted by Gasteiger charge is 2.28. The van der Waals surface area contributed by atoms with Crippen LogP contribution in [0.1, 0.15) is 17.5 Å². The largest absolute Gasteiger partial charge is 0.481 e. The Bertz CT molecular complexity index is 546. The number of carboxylic acid groups (broad SMARTS) is 1. The monoisotopic (exact) mass is 355 g/mol. The topological polar surface area (TPSA) is 66.8 Å². The average Bonchev–Trinajstić information content (AvgIpc) is 2.43. The fourth-order valence-electron chi connectivity index (χ4n) is 2.38. The molecule has 1 heterocycles. The average molecular weight is 356 g/mol. The van der Waals surface area contributed by atoms with E-state index in [0.717, 1.165) is 15.6 Å². The summed E-state index contributed by atoms with van der Waals surface area (Å²) in [6, 6.07) is 5.43. The van der Waals surface area contributed by atoms with E-state index in [0.29, 0.717) is 13.2 Å². The van der Waals surface area contributed by atoms with E-state index in [9.17, 15) is 9.59 Å². The van der Waals surface area contributed by atoms with Gasteiger partial charge in [0.15, 0.2) is 0 Å². The SMILES string of the molecule is Cc1ccc(CC(=O)N2CCOCC2CC(=O)O)cc1Br. The summed E-state index contributed by atoms with van der Waals surface area (Å²) in [6.45, 7) is 3.18. The molecular weight excluding hydrogens is 338 g/mol. The summed E-state index contributed by atoms with van der Waals surface area (Å²) in [7, 11) is 0. The summed E-state index contributed by atoms with van der Waals surface area (Å²) < 4.78 is 6.25. The predicted octanol–water partition coefficient (Wildman–Crippen LogP) is 2.00. The van der Waals surface area contributed by atoms with Crippen LogP contribution in [0.5, 0.6) is 0 Å². The molecule has 1 aliphatic heterocycles. The third-order valence-electron chi connectivity index (χ3n) is 3.55. The van der Waals surface area contributed by atoms with Gasteiger partial charge in [0.25, 0.3) is 0 Å². The summed E-state index contributed by atoms with van der Waals surface area (Å²) >= 11 is 3.45. The Labute approximate surface area is 132 Å². The molecule has 1 aliphatic rings. The number of benzene rings is 1. The van der Waals surface area contributed by atoms with Gasteiger partial charge in [-0.2, -0.15) is 0 Å². The second-order valence-corrected chi connectivity index (χ2v) is 6.03. The number of hydrogen-bond acceptors (Lipinski definition) is 3. The number of carbonyl (C=O) groups is 2. The standard InChI is InChI=1S/C15H18BrNO4/c1-10-2-3-11(6-13(10)16)7-14(18)17-4-5-21-9-12(17)8-15(19)20/h2-3,6,12H,4-5,7-9H2,1H3,(H,19,20). The molecule has 6 heteroatoms. The molecule has 5 nitrogen and oxygen atoms in total. The molecule has 1 fully saturated rings. The summed E-state index contributed by atoms with van der Waals surface area (Å²) in [6.07, 6.45) is 0.193. The van der Waals surface area contributed by atoms with Gasteiger partial charge in [0.1, 0.15) is 0 Å². The third-order valence-corrected chi connectivity index (χ3v) is 4.40. The van der Waals surface area contributed by atoms with Gasteiger partial charge in [-0.1, -0.05) is 28.1 Å². The Kier molecular flexibility index (Phi) is 5.36. The number of aliphatic carboxylic acids is 1. The minimum Gasteiger partial charge on any atom is -0.481 e. The van der Waals surface area contributed by atoms with Crippen molar-refractivity contribution in [3.05, 3.63) is 33.8 Å². The van der Waals surface area contributed by atoms with Crippen molar-refractivity contribution in [1.82, 2.24) is 4.90 Å². The fraction of sp³-hybridized carbons (Fsp3) is 0.467. The summed E-state index contributed by atoms with van der Waals surface area (Å²) in [5, 5.41) is 8.92. The van der Waals surface area contributed by atoms with Gasteiger partial charge in [0, 0.05) is 11.0 Å². The van der Waals surface area contributed by atoms with E-state index in [1.54, 1.807) is 4.90 Å². The highest BCUT2D eigenvalue weighted by atomic mass is 79.9. The molecule has 2 rings (SSSR count). The Morgan fingerprint density at radius 3 is 2.90 bits per heavy atom. The maximum Gasteiger partial charge on any atom is 0.305 e. The van der Waals surface area contributed by atoms with Crippen LogP contribution < -0.4 is 0 Å². The van der Waals surface area contributed by atoms with Crippen LogP contribution in [-0.4, -0.2) is 47.7 Å². The number of amides is 1. The molecule has 0 aromatic heterocycles. The van der Waals surface area contributed by atoms with Crippen LogP contribution >= 0.6 is 15.9 Å². The molecule has 0 spiro atoms. The highest BCUT2D eigenvalue weighted by molar-refractivity contribution is 9.10. The number of morpholine rings is 1. The van der Waals surface area contributed by atoms with Crippen molar-refractivity contribution in [3.63, 3.8) is 0 Å². The first-order valence-corrected chi connectivity index (χ1v) is 7.60. The third kappa shape index (κ3) is 4.28. The number of carboxylic acids is 1. The lowest BCUT2D eigenvalue weighted by molar-refractivity contribution is -0.145. The molecule has 1 unspecified atom stereocenters. The van der Waals surface area contributed by atoms with Crippen molar-refractivity contribution in [3.8, 4) is 0 Å². The lowest BCUT2D eigenvalue weighted by atomic mass is 10.1. The van der Waals surface area contributed by atoms with Gasteiger partial charge in [0.2, 0.25) is 5.91 Å². The molecule has 0 radical (unpaired) electrons. The van der Waals surface area contributed by atoms with E-state index < -0.39 is 5.97 Å². The minimum absolute atomic E-state index is 0.0553. The number of hydrogen-bond donors (Lipinski definition) is 1. The number of nitrogens with zero attached hydrogens (tertiary/aromatic N) is 1. The molecular formula is C15H18BrNO4. The van der Waals surface area contributed by atoms with Crippen molar-refractivity contribution in [2.45, 2.75) is 25.8 Å². The van der Waals surface area contributed by atoms with Gasteiger partial charge in [-0.3, -0.25) is 9.59 Å². The molecule has 1 amide bonds. The molecule has 1 aromatic rings. The summed E-state index contributed by atoms with van der Waals surface area (Å²) in [5.41, 5.74) is 2.03. The smallest absolute Gasteiger partial charge is 0.305 e. The summed E-state index contributed by atoms with van der Waals surface area (Å²) in [5.74, 6) is -0.971. The van der Waals surface area contributed by atoms with Gasteiger partial charge >= 0.3 is 5.97 Å². The van der Waals surface area contributed by atoms with E-state index in [1.165, 1.54) is 0 Å². The van der Waals surface area contributed by atoms with E-state index in [1.807, 2.05) is 25.1 Å². The van der Waals surface area contributed by atoms with E-state index in [2.05, 4.69) is 15.9 Å². The number of aryl methyl sites for hydroxylation is 1. The van der Waals surface area contributed by atoms with Crippen molar-refractivity contribution >= 4 is 27.8 Å².